The van der Waals surface area contributed by atoms with Gasteiger partial charge in [0.05, 0.1) is 11.2 Å². The number of benzene rings is 2. The molecule has 1 aliphatic rings. The van der Waals surface area contributed by atoms with Crippen molar-refractivity contribution in [2.75, 3.05) is 5.32 Å². The molecule has 0 spiro atoms. The van der Waals surface area contributed by atoms with Gasteiger partial charge >= 0.3 is 0 Å². The minimum absolute atomic E-state index is 0. The molecule has 2 aromatic rings. The highest BCUT2D eigenvalue weighted by molar-refractivity contribution is 6.01. The Hall–Kier alpha value is -1.47. The summed E-state index contributed by atoms with van der Waals surface area (Å²) >= 11 is 0. The molecule has 0 unspecified atom stereocenters. The Kier molecular flexibility index (Phi) is 3.12. The largest absolute Gasteiger partial charge is 0.376 e. The molecule has 0 saturated heterocycles. The van der Waals surface area contributed by atoms with Crippen molar-refractivity contribution in [3.05, 3.63) is 48.0 Å². The van der Waals surface area contributed by atoms with E-state index in [0.717, 1.165) is 0 Å². The topological polar surface area (TPSA) is 12.0 Å². The predicted octanol–water partition coefficient (Wildman–Crippen LogP) is 4.87. The van der Waals surface area contributed by atoms with Gasteiger partial charge in [0.15, 0.2) is 0 Å². The maximum Gasteiger partial charge on any atom is 0.0506 e. The first-order valence-electron chi connectivity index (χ1n) is 6.07. The molecule has 2 aromatic carbocycles. The van der Waals surface area contributed by atoms with E-state index in [1.165, 1.54) is 27.6 Å². The molecule has 0 saturated carbocycles. The minimum atomic E-state index is 0. The van der Waals surface area contributed by atoms with Crippen LogP contribution in [0.4, 0.5) is 5.69 Å². The summed E-state index contributed by atoms with van der Waals surface area (Å²) in [5.41, 5.74) is 3.98. The first-order chi connectivity index (χ1) is 8.07. The zero-order valence-electron chi connectivity index (χ0n) is 10.9. The van der Waals surface area contributed by atoms with Crippen LogP contribution in [0.2, 0.25) is 0 Å². The highest BCUT2D eigenvalue weighted by Gasteiger charge is 2.23. The third-order valence-electron chi connectivity index (χ3n) is 3.38. The van der Waals surface area contributed by atoms with Gasteiger partial charge in [-0.15, -0.1) is 12.4 Å². The van der Waals surface area contributed by atoms with Gasteiger partial charge in [-0.25, -0.2) is 0 Å². The van der Waals surface area contributed by atoms with Crippen molar-refractivity contribution in [1.82, 2.24) is 0 Å². The summed E-state index contributed by atoms with van der Waals surface area (Å²) in [6, 6.07) is 13.0. The molecule has 0 aromatic heterocycles. The molecule has 1 N–H and O–H groups in total. The van der Waals surface area contributed by atoms with Crippen molar-refractivity contribution in [3.63, 3.8) is 0 Å². The van der Waals surface area contributed by atoms with Gasteiger partial charge in [0, 0.05) is 10.9 Å². The van der Waals surface area contributed by atoms with Crippen LogP contribution in [-0.2, 0) is 0 Å². The monoisotopic (exact) mass is 259 g/mol. The van der Waals surface area contributed by atoms with E-state index in [0.29, 0.717) is 0 Å². The number of allylic oxidation sites excluding steroid dienone is 1. The van der Waals surface area contributed by atoms with Crippen molar-refractivity contribution in [2.24, 2.45) is 0 Å². The molecular formula is C16H18ClN. The molecule has 0 amide bonds. The molecule has 18 heavy (non-hydrogen) atoms. The van der Waals surface area contributed by atoms with E-state index in [4.69, 9.17) is 0 Å². The highest BCUT2D eigenvalue weighted by atomic mass is 35.5. The van der Waals surface area contributed by atoms with Gasteiger partial charge in [0.2, 0.25) is 0 Å². The van der Waals surface area contributed by atoms with Crippen LogP contribution in [0.1, 0.15) is 26.3 Å². The lowest BCUT2D eigenvalue weighted by Crippen LogP contribution is -2.31. The van der Waals surface area contributed by atoms with Gasteiger partial charge in [0.25, 0.3) is 0 Å². The molecule has 1 nitrogen and oxygen atoms in total. The fraction of sp³-hybridized carbons (Fsp3) is 0.250. The summed E-state index contributed by atoms with van der Waals surface area (Å²) < 4.78 is 0. The van der Waals surface area contributed by atoms with Crippen LogP contribution in [0.15, 0.2) is 42.5 Å². The van der Waals surface area contributed by atoms with Gasteiger partial charge in [-0.1, -0.05) is 42.5 Å². The van der Waals surface area contributed by atoms with Gasteiger partial charge in [-0.2, -0.15) is 0 Å². The number of hydrogen-bond acceptors (Lipinski definition) is 1. The van der Waals surface area contributed by atoms with Gasteiger partial charge in [-0.3, -0.25) is 0 Å². The molecule has 94 valence electrons. The van der Waals surface area contributed by atoms with E-state index in [9.17, 15) is 0 Å². The van der Waals surface area contributed by atoms with Crippen LogP contribution in [-0.4, -0.2) is 5.54 Å². The number of anilines is 1. The zero-order valence-corrected chi connectivity index (χ0v) is 11.8. The van der Waals surface area contributed by atoms with Crippen LogP contribution in [0, 0.1) is 0 Å². The summed E-state index contributed by atoms with van der Waals surface area (Å²) in [4.78, 5) is 0. The lowest BCUT2D eigenvalue weighted by Gasteiger charge is -2.32. The smallest absolute Gasteiger partial charge is 0.0506 e. The summed E-state index contributed by atoms with van der Waals surface area (Å²) in [6.45, 7) is 6.61. The summed E-state index contributed by atoms with van der Waals surface area (Å²) in [7, 11) is 0. The number of halogens is 1. The Morgan fingerprint density at radius 2 is 1.72 bits per heavy atom. The molecule has 0 bridgehead atoms. The SMILES string of the molecule is CC1=CC(C)(C)Nc2c1ccc1ccccc21.Cl. The summed E-state index contributed by atoms with van der Waals surface area (Å²) in [5.74, 6) is 0. The van der Waals surface area contributed by atoms with Crippen LogP contribution in [0.25, 0.3) is 16.3 Å². The highest BCUT2D eigenvalue weighted by Crippen LogP contribution is 2.38. The molecule has 0 fully saturated rings. The first-order valence-corrected chi connectivity index (χ1v) is 6.07. The standard InChI is InChI=1S/C16H17N.ClH/c1-11-10-16(2,3)17-15-13(11)9-8-12-6-4-5-7-14(12)15;/h4-10,17H,1-3H3;1H. The molecule has 0 radical (unpaired) electrons. The number of fused-ring (bicyclic) bond motifs is 3. The number of rotatable bonds is 0. The number of nitrogens with one attached hydrogen (secondary N) is 1. The number of hydrogen-bond donors (Lipinski definition) is 1. The molecule has 2 heteroatoms. The predicted molar refractivity (Wildman–Crippen MR) is 82.5 cm³/mol. The normalized spacial score (nSPS) is 16.3. The Balaban J connectivity index is 0.00000120. The third-order valence-corrected chi connectivity index (χ3v) is 3.38. The molecule has 1 aliphatic heterocycles. The zero-order chi connectivity index (χ0) is 12.0. The lowest BCUT2D eigenvalue weighted by atomic mass is 9.89. The second-order valence-electron chi connectivity index (χ2n) is 5.38. The fourth-order valence-corrected chi connectivity index (χ4v) is 2.71. The van der Waals surface area contributed by atoms with E-state index < -0.39 is 0 Å². The van der Waals surface area contributed by atoms with E-state index in [2.05, 4.69) is 68.6 Å². The average molecular weight is 260 g/mol. The lowest BCUT2D eigenvalue weighted by molar-refractivity contribution is 0.709. The quantitative estimate of drug-likeness (QED) is 0.712. The van der Waals surface area contributed by atoms with E-state index in [1.807, 2.05) is 0 Å². The minimum Gasteiger partial charge on any atom is -0.376 e. The Bertz CT molecular complexity index is 626. The fourth-order valence-electron chi connectivity index (χ4n) is 2.71. The summed E-state index contributed by atoms with van der Waals surface area (Å²) in [5, 5.41) is 6.24. The second-order valence-corrected chi connectivity index (χ2v) is 5.38. The van der Waals surface area contributed by atoms with E-state index in [1.54, 1.807) is 0 Å². The maximum absolute atomic E-state index is 3.63. The first kappa shape index (κ1) is 13.0. The Morgan fingerprint density at radius 3 is 2.50 bits per heavy atom. The van der Waals surface area contributed by atoms with Crippen molar-refractivity contribution in [1.29, 1.82) is 0 Å². The van der Waals surface area contributed by atoms with Crippen LogP contribution >= 0.6 is 12.4 Å². The Morgan fingerprint density at radius 1 is 1.00 bits per heavy atom. The third kappa shape index (κ3) is 1.99. The van der Waals surface area contributed by atoms with Crippen molar-refractivity contribution >= 4 is 34.4 Å². The second kappa shape index (κ2) is 4.33. The van der Waals surface area contributed by atoms with Gasteiger partial charge in [-0.05, 0) is 31.7 Å². The summed E-state index contributed by atoms with van der Waals surface area (Å²) in [6.07, 6.45) is 2.30. The molecular weight excluding hydrogens is 242 g/mol. The van der Waals surface area contributed by atoms with E-state index >= 15 is 0 Å². The molecule has 3 rings (SSSR count). The Labute approximate surface area is 114 Å². The van der Waals surface area contributed by atoms with Crippen molar-refractivity contribution in [2.45, 2.75) is 26.3 Å². The molecule has 0 atom stereocenters. The average Bonchev–Trinajstić information content (AvgIpc) is 2.27. The van der Waals surface area contributed by atoms with Crippen LogP contribution < -0.4 is 5.32 Å². The van der Waals surface area contributed by atoms with Crippen LogP contribution in [0.5, 0.6) is 0 Å². The maximum atomic E-state index is 3.63. The van der Waals surface area contributed by atoms with Gasteiger partial charge < -0.3 is 5.32 Å². The van der Waals surface area contributed by atoms with Gasteiger partial charge in [0.1, 0.15) is 0 Å². The van der Waals surface area contributed by atoms with Crippen LogP contribution in [0.3, 0.4) is 0 Å². The van der Waals surface area contributed by atoms with Crippen molar-refractivity contribution < 1.29 is 0 Å². The molecule has 1 heterocycles. The van der Waals surface area contributed by atoms with E-state index in [-0.39, 0.29) is 17.9 Å². The van der Waals surface area contributed by atoms with Crippen molar-refractivity contribution in [3.8, 4) is 0 Å². The molecule has 0 aliphatic carbocycles.